The minimum atomic E-state index is -4.32. The molecule has 1 N–H and O–H groups in total. The molecule has 1 fully saturated rings. The van der Waals surface area contributed by atoms with Crippen molar-refractivity contribution in [2.45, 2.75) is 12.6 Å². The van der Waals surface area contributed by atoms with Gasteiger partial charge in [0.1, 0.15) is 0 Å². The molecule has 2 aromatic rings. The summed E-state index contributed by atoms with van der Waals surface area (Å²) in [5.74, 6) is 0.581. The fourth-order valence-corrected chi connectivity index (χ4v) is 3.27. The SMILES string of the molecule is COc1cc(CCN2CCN(c3cccc(C(F)(F)F)c3)CC2)ccc1O. The van der Waals surface area contributed by atoms with Gasteiger partial charge in [-0.1, -0.05) is 12.1 Å². The van der Waals surface area contributed by atoms with Crippen LogP contribution in [0.5, 0.6) is 11.5 Å². The van der Waals surface area contributed by atoms with E-state index in [-0.39, 0.29) is 5.75 Å². The van der Waals surface area contributed by atoms with E-state index in [4.69, 9.17) is 4.74 Å². The van der Waals surface area contributed by atoms with Gasteiger partial charge < -0.3 is 14.7 Å². The second-order valence-electron chi connectivity index (χ2n) is 6.63. The van der Waals surface area contributed by atoms with Crippen molar-refractivity contribution in [1.82, 2.24) is 4.90 Å². The number of anilines is 1. The molecule has 0 spiro atoms. The van der Waals surface area contributed by atoms with Gasteiger partial charge in [-0.05, 0) is 42.3 Å². The third kappa shape index (κ3) is 4.86. The molecule has 1 aliphatic heterocycles. The Bertz CT molecular complexity index is 772. The molecule has 4 nitrogen and oxygen atoms in total. The highest BCUT2D eigenvalue weighted by Gasteiger charge is 2.31. The zero-order chi connectivity index (χ0) is 19.4. The Morgan fingerprint density at radius 2 is 1.78 bits per heavy atom. The minimum Gasteiger partial charge on any atom is -0.504 e. The lowest BCUT2D eigenvalue weighted by Crippen LogP contribution is -2.47. The van der Waals surface area contributed by atoms with Crippen LogP contribution in [0.2, 0.25) is 0 Å². The number of methoxy groups -OCH3 is 1. The molecule has 27 heavy (non-hydrogen) atoms. The molecule has 0 aromatic heterocycles. The van der Waals surface area contributed by atoms with Crippen molar-refractivity contribution in [2.24, 2.45) is 0 Å². The molecule has 2 aromatic carbocycles. The van der Waals surface area contributed by atoms with E-state index in [1.165, 1.54) is 19.2 Å². The van der Waals surface area contributed by atoms with Crippen molar-refractivity contribution in [3.63, 3.8) is 0 Å². The predicted molar refractivity (Wildman–Crippen MR) is 98.5 cm³/mol. The summed E-state index contributed by atoms with van der Waals surface area (Å²) < 4.78 is 43.8. The molecule has 1 aliphatic rings. The maximum atomic E-state index is 12.9. The minimum absolute atomic E-state index is 0.121. The number of piperazine rings is 1. The Morgan fingerprint density at radius 3 is 2.44 bits per heavy atom. The van der Waals surface area contributed by atoms with Gasteiger partial charge in [0.25, 0.3) is 0 Å². The molecule has 0 saturated carbocycles. The summed E-state index contributed by atoms with van der Waals surface area (Å²) in [5.41, 5.74) is 1.08. The van der Waals surface area contributed by atoms with Crippen molar-refractivity contribution in [3.8, 4) is 11.5 Å². The summed E-state index contributed by atoms with van der Waals surface area (Å²) in [4.78, 5) is 4.29. The summed E-state index contributed by atoms with van der Waals surface area (Å²) in [6.07, 6.45) is -3.50. The van der Waals surface area contributed by atoms with Gasteiger partial charge in [-0.25, -0.2) is 0 Å². The number of phenols is 1. The van der Waals surface area contributed by atoms with E-state index in [1.54, 1.807) is 12.1 Å². The number of ether oxygens (including phenoxy) is 1. The van der Waals surface area contributed by atoms with Crippen molar-refractivity contribution in [1.29, 1.82) is 0 Å². The molecule has 3 rings (SSSR count). The maximum absolute atomic E-state index is 12.9. The number of benzene rings is 2. The highest BCUT2D eigenvalue weighted by Crippen LogP contribution is 2.32. The molecule has 1 heterocycles. The summed E-state index contributed by atoms with van der Waals surface area (Å²) in [7, 11) is 1.52. The lowest BCUT2D eigenvalue weighted by molar-refractivity contribution is -0.137. The monoisotopic (exact) mass is 380 g/mol. The Hall–Kier alpha value is -2.41. The molecule has 0 unspecified atom stereocenters. The molecular weight excluding hydrogens is 357 g/mol. The highest BCUT2D eigenvalue weighted by atomic mass is 19.4. The first-order valence-corrected chi connectivity index (χ1v) is 8.87. The van der Waals surface area contributed by atoms with Crippen LogP contribution in [0.3, 0.4) is 0 Å². The molecule has 0 radical (unpaired) electrons. The zero-order valence-electron chi connectivity index (χ0n) is 15.2. The van der Waals surface area contributed by atoms with Crippen molar-refractivity contribution in [2.75, 3.05) is 44.7 Å². The smallest absolute Gasteiger partial charge is 0.416 e. The zero-order valence-corrected chi connectivity index (χ0v) is 15.2. The average molecular weight is 380 g/mol. The Morgan fingerprint density at radius 1 is 1.04 bits per heavy atom. The van der Waals surface area contributed by atoms with Gasteiger partial charge in [0, 0.05) is 38.4 Å². The number of phenolic OH excluding ortho intramolecular Hbond substituents is 1. The van der Waals surface area contributed by atoms with E-state index in [9.17, 15) is 18.3 Å². The second-order valence-corrected chi connectivity index (χ2v) is 6.63. The van der Waals surface area contributed by atoms with E-state index < -0.39 is 11.7 Å². The molecule has 146 valence electrons. The van der Waals surface area contributed by atoms with Crippen LogP contribution in [0.1, 0.15) is 11.1 Å². The summed E-state index contributed by atoms with van der Waals surface area (Å²) in [5, 5.41) is 9.65. The molecule has 7 heteroatoms. The highest BCUT2D eigenvalue weighted by molar-refractivity contribution is 5.49. The fourth-order valence-electron chi connectivity index (χ4n) is 3.27. The van der Waals surface area contributed by atoms with Gasteiger partial charge in [0.2, 0.25) is 0 Å². The standard InChI is InChI=1S/C20H23F3N2O2/c1-27-19-13-15(5-6-18(19)26)7-8-24-9-11-25(12-10-24)17-4-2-3-16(14-17)20(21,22)23/h2-6,13-14,26H,7-12H2,1H3. The van der Waals surface area contributed by atoms with Crippen LogP contribution in [-0.4, -0.2) is 49.8 Å². The van der Waals surface area contributed by atoms with E-state index in [2.05, 4.69) is 4.90 Å². The lowest BCUT2D eigenvalue weighted by Gasteiger charge is -2.36. The molecule has 1 saturated heterocycles. The Labute approximate surface area is 156 Å². The third-order valence-corrected chi connectivity index (χ3v) is 4.87. The molecule has 0 aliphatic carbocycles. The summed E-state index contributed by atoms with van der Waals surface area (Å²) in [6, 6.07) is 10.8. The van der Waals surface area contributed by atoms with Crippen molar-refractivity contribution < 1.29 is 23.0 Å². The topological polar surface area (TPSA) is 35.9 Å². The largest absolute Gasteiger partial charge is 0.504 e. The Kier molecular flexibility index (Phi) is 5.79. The number of nitrogens with zero attached hydrogens (tertiary/aromatic N) is 2. The van der Waals surface area contributed by atoms with Crippen LogP contribution >= 0.6 is 0 Å². The summed E-state index contributed by atoms with van der Waals surface area (Å²) >= 11 is 0. The molecule has 0 bridgehead atoms. The fraction of sp³-hybridized carbons (Fsp3) is 0.400. The van der Waals surface area contributed by atoms with Crippen molar-refractivity contribution in [3.05, 3.63) is 53.6 Å². The van der Waals surface area contributed by atoms with E-state index >= 15 is 0 Å². The number of hydrogen-bond donors (Lipinski definition) is 1. The molecular formula is C20H23F3N2O2. The van der Waals surface area contributed by atoms with Gasteiger partial charge in [-0.15, -0.1) is 0 Å². The van der Waals surface area contributed by atoms with Crippen molar-refractivity contribution >= 4 is 5.69 Å². The van der Waals surface area contributed by atoms with Crippen LogP contribution < -0.4 is 9.64 Å². The molecule has 0 atom stereocenters. The average Bonchev–Trinajstić information content (AvgIpc) is 2.67. The Balaban J connectivity index is 1.53. The van der Waals surface area contributed by atoms with Crippen LogP contribution in [0, 0.1) is 0 Å². The number of hydrogen-bond acceptors (Lipinski definition) is 4. The van der Waals surface area contributed by atoms with Crippen LogP contribution in [-0.2, 0) is 12.6 Å². The van der Waals surface area contributed by atoms with E-state index in [0.29, 0.717) is 24.5 Å². The van der Waals surface area contributed by atoms with Gasteiger partial charge in [-0.2, -0.15) is 13.2 Å². The predicted octanol–water partition coefficient (Wildman–Crippen LogP) is 3.78. The van der Waals surface area contributed by atoms with Gasteiger partial charge in [0.05, 0.1) is 12.7 Å². The van der Waals surface area contributed by atoms with Gasteiger partial charge >= 0.3 is 6.18 Å². The van der Waals surface area contributed by atoms with E-state index in [1.807, 2.05) is 17.0 Å². The number of rotatable bonds is 5. The third-order valence-electron chi connectivity index (χ3n) is 4.87. The number of aromatic hydroxyl groups is 1. The lowest BCUT2D eigenvalue weighted by atomic mass is 10.1. The second kappa shape index (κ2) is 8.08. The van der Waals surface area contributed by atoms with Crippen LogP contribution in [0.15, 0.2) is 42.5 Å². The number of alkyl halides is 3. The normalized spacial score (nSPS) is 15.8. The first-order valence-electron chi connectivity index (χ1n) is 8.87. The maximum Gasteiger partial charge on any atom is 0.416 e. The van der Waals surface area contributed by atoms with Gasteiger partial charge in [0.15, 0.2) is 11.5 Å². The molecule has 0 amide bonds. The quantitative estimate of drug-likeness (QED) is 0.856. The van der Waals surface area contributed by atoms with Crippen LogP contribution in [0.25, 0.3) is 0 Å². The summed E-state index contributed by atoms with van der Waals surface area (Å²) in [6.45, 7) is 3.84. The van der Waals surface area contributed by atoms with Gasteiger partial charge in [-0.3, -0.25) is 4.90 Å². The first kappa shape index (κ1) is 19.4. The van der Waals surface area contributed by atoms with Crippen LogP contribution in [0.4, 0.5) is 18.9 Å². The number of halogens is 3. The first-order chi connectivity index (χ1) is 12.9. The van der Waals surface area contributed by atoms with E-state index in [0.717, 1.165) is 37.7 Å².